The summed E-state index contributed by atoms with van der Waals surface area (Å²) < 4.78 is 4.63. The smallest absolute Gasteiger partial charge is 0.330 e. The van der Waals surface area contributed by atoms with Crippen molar-refractivity contribution in [3.8, 4) is 0 Å². The van der Waals surface area contributed by atoms with Gasteiger partial charge in [0.1, 0.15) is 0 Å². The van der Waals surface area contributed by atoms with Gasteiger partial charge < -0.3 is 4.74 Å². The first-order valence-electron chi connectivity index (χ1n) is 6.91. The molecule has 0 aliphatic carbocycles. The van der Waals surface area contributed by atoms with Crippen LogP contribution in [0.4, 0.5) is 0 Å². The van der Waals surface area contributed by atoms with Crippen LogP contribution in [0.3, 0.4) is 0 Å². The van der Waals surface area contributed by atoms with Crippen molar-refractivity contribution in [3.63, 3.8) is 0 Å². The van der Waals surface area contributed by atoms with Gasteiger partial charge in [-0.1, -0.05) is 45.4 Å². The second-order valence-electron chi connectivity index (χ2n) is 4.16. The van der Waals surface area contributed by atoms with E-state index >= 15 is 0 Å². The molecule has 0 aromatic rings. The van der Waals surface area contributed by atoms with Crippen molar-refractivity contribution in [1.29, 1.82) is 0 Å². The van der Waals surface area contributed by atoms with Crippen LogP contribution in [-0.4, -0.2) is 13.1 Å². The van der Waals surface area contributed by atoms with E-state index in [0.29, 0.717) is 0 Å². The summed E-state index contributed by atoms with van der Waals surface area (Å²) in [5.41, 5.74) is 3.60. The molecule has 2 nitrogen and oxygen atoms in total. The summed E-state index contributed by atoms with van der Waals surface area (Å²) in [5.74, 6) is -0.329. The molecule has 0 unspecified atom stereocenters. The zero-order valence-electron chi connectivity index (χ0n) is 12.7. The SMILES string of the molecule is CC/C(Cl)=C(CC)/C(CC)=C(\C=C\C(=O)OC)CC. The Hall–Kier alpha value is -1.02. The van der Waals surface area contributed by atoms with Crippen LogP contribution < -0.4 is 0 Å². The van der Waals surface area contributed by atoms with Crippen molar-refractivity contribution in [1.82, 2.24) is 0 Å². The number of allylic oxidation sites excluding steroid dienone is 5. The van der Waals surface area contributed by atoms with Gasteiger partial charge in [0, 0.05) is 11.1 Å². The number of hydrogen-bond donors (Lipinski definition) is 0. The summed E-state index contributed by atoms with van der Waals surface area (Å²) in [6, 6.07) is 0. The van der Waals surface area contributed by atoms with Gasteiger partial charge >= 0.3 is 5.97 Å². The lowest BCUT2D eigenvalue weighted by molar-refractivity contribution is -0.134. The van der Waals surface area contributed by atoms with E-state index in [1.807, 2.05) is 6.08 Å². The van der Waals surface area contributed by atoms with E-state index in [2.05, 4.69) is 32.4 Å². The van der Waals surface area contributed by atoms with E-state index in [0.717, 1.165) is 36.3 Å². The molecule has 0 rings (SSSR count). The molecule has 0 amide bonds. The van der Waals surface area contributed by atoms with E-state index in [1.165, 1.54) is 24.3 Å². The number of ether oxygens (including phenoxy) is 1. The highest BCUT2D eigenvalue weighted by Crippen LogP contribution is 2.29. The van der Waals surface area contributed by atoms with Crippen molar-refractivity contribution >= 4 is 17.6 Å². The Balaban J connectivity index is 5.61. The minimum absolute atomic E-state index is 0.329. The third-order valence-electron chi connectivity index (χ3n) is 3.10. The van der Waals surface area contributed by atoms with E-state index in [4.69, 9.17) is 11.6 Å². The molecular weight excluding hydrogens is 260 g/mol. The highest BCUT2D eigenvalue weighted by Gasteiger charge is 2.10. The topological polar surface area (TPSA) is 26.3 Å². The number of rotatable bonds is 7. The zero-order chi connectivity index (χ0) is 14.8. The molecule has 19 heavy (non-hydrogen) atoms. The number of hydrogen-bond acceptors (Lipinski definition) is 2. The second-order valence-corrected chi connectivity index (χ2v) is 4.61. The quantitative estimate of drug-likeness (QED) is 0.367. The normalized spacial score (nSPS) is 14.2. The van der Waals surface area contributed by atoms with Gasteiger partial charge in [-0.2, -0.15) is 0 Å². The van der Waals surface area contributed by atoms with Gasteiger partial charge in [0.05, 0.1) is 7.11 Å². The first-order valence-corrected chi connectivity index (χ1v) is 7.29. The van der Waals surface area contributed by atoms with Crippen LogP contribution in [0.1, 0.15) is 53.4 Å². The lowest BCUT2D eigenvalue weighted by Gasteiger charge is -2.15. The molecule has 0 aliphatic rings. The van der Waals surface area contributed by atoms with E-state index in [-0.39, 0.29) is 5.97 Å². The van der Waals surface area contributed by atoms with Crippen molar-refractivity contribution in [3.05, 3.63) is 33.9 Å². The average Bonchev–Trinajstić information content (AvgIpc) is 2.45. The largest absolute Gasteiger partial charge is 0.466 e. The Morgan fingerprint density at radius 2 is 1.53 bits per heavy atom. The molecule has 0 saturated heterocycles. The van der Waals surface area contributed by atoms with Crippen molar-refractivity contribution in [2.75, 3.05) is 7.11 Å². The molecule has 0 fully saturated rings. The predicted octanol–water partition coefficient (Wildman–Crippen LogP) is 5.15. The van der Waals surface area contributed by atoms with Crippen molar-refractivity contribution in [2.45, 2.75) is 53.4 Å². The molecule has 0 aromatic heterocycles. The highest BCUT2D eigenvalue weighted by molar-refractivity contribution is 6.30. The minimum atomic E-state index is -0.329. The Morgan fingerprint density at radius 3 is 1.89 bits per heavy atom. The summed E-state index contributed by atoms with van der Waals surface area (Å²) in [6.45, 7) is 8.37. The Bertz CT molecular complexity index is 390. The molecule has 0 bridgehead atoms. The molecule has 0 radical (unpaired) electrons. The van der Waals surface area contributed by atoms with Crippen LogP contribution in [-0.2, 0) is 9.53 Å². The summed E-state index contributed by atoms with van der Waals surface area (Å²) in [7, 11) is 1.38. The fourth-order valence-electron chi connectivity index (χ4n) is 2.09. The zero-order valence-corrected chi connectivity index (χ0v) is 13.4. The van der Waals surface area contributed by atoms with Gasteiger partial charge in [0.25, 0.3) is 0 Å². The van der Waals surface area contributed by atoms with Gasteiger partial charge in [-0.15, -0.1) is 0 Å². The van der Waals surface area contributed by atoms with Crippen LogP contribution in [0, 0.1) is 0 Å². The summed E-state index contributed by atoms with van der Waals surface area (Å²) in [6.07, 6.45) is 6.85. The summed E-state index contributed by atoms with van der Waals surface area (Å²) in [5, 5.41) is 0.914. The van der Waals surface area contributed by atoms with Crippen LogP contribution in [0.5, 0.6) is 0 Å². The number of halogens is 1. The van der Waals surface area contributed by atoms with Crippen LogP contribution in [0.2, 0.25) is 0 Å². The van der Waals surface area contributed by atoms with Crippen LogP contribution >= 0.6 is 11.6 Å². The number of carbonyl (C=O) groups is 1. The summed E-state index contributed by atoms with van der Waals surface area (Å²) >= 11 is 6.33. The predicted molar refractivity (Wildman–Crippen MR) is 82.2 cm³/mol. The average molecular weight is 285 g/mol. The van der Waals surface area contributed by atoms with Gasteiger partial charge in [0.2, 0.25) is 0 Å². The maximum Gasteiger partial charge on any atom is 0.330 e. The maximum atomic E-state index is 11.2. The lowest BCUT2D eigenvalue weighted by Crippen LogP contribution is -1.98. The number of methoxy groups -OCH3 is 1. The van der Waals surface area contributed by atoms with E-state index in [1.54, 1.807) is 0 Å². The van der Waals surface area contributed by atoms with Gasteiger partial charge in [-0.25, -0.2) is 4.79 Å². The highest BCUT2D eigenvalue weighted by atomic mass is 35.5. The minimum Gasteiger partial charge on any atom is -0.466 e. The van der Waals surface area contributed by atoms with Gasteiger partial charge in [0.15, 0.2) is 0 Å². The number of esters is 1. The Morgan fingerprint density at radius 1 is 0.947 bits per heavy atom. The van der Waals surface area contributed by atoms with Gasteiger partial charge in [-0.3, -0.25) is 0 Å². The molecule has 0 spiro atoms. The molecule has 0 N–H and O–H groups in total. The molecular formula is C16H25ClO2. The molecule has 108 valence electrons. The Kier molecular flexibility index (Phi) is 9.32. The molecule has 0 saturated carbocycles. The van der Waals surface area contributed by atoms with E-state index in [9.17, 15) is 4.79 Å². The van der Waals surface area contributed by atoms with Crippen LogP contribution in [0.15, 0.2) is 33.9 Å². The second kappa shape index (κ2) is 9.85. The molecule has 0 atom stereocenters. The number of carbonyl (C=O) groups excluding carboxylic acids is 1. The standard InChI is InChI=1S/C16H25ClO2/c1-6-12(10-11-16(18)19-5)13(7-2)14(8-3)15(17)9-4/h10-11H,6-9H2,1-5H3/b11-10+,13-12-,15-14-. The summed E-state index contributed by atoms with van der Waals surface area (Å²) in [4.78, 5) is 11.2. The Labute approximate surface area is 122 Å². The monoisotopic (exact) mass is 284 g/mol. The third kappa shape index (κ3) is 5.65. The van der Waals surface area contributed by atoms with Crippen molar-refractivity contribution < 1.29 is 9.53 Å². The first-order chi connectivity index (χ1) is 9.05. The fourth-order valence-corrected chi connectivity index (χ4v) is 2.33. The van der Waals surface area contributed by atoms with E-state index < -0.39 is 0 Å². The molecule has 0 heterocycles. The van der Waals surface area contributed by atoms with Crippen molar-refractivity contribution in [2.24, 2.45) is 0 Å². The molecule has 0 aliphatic heterocycles. The molecule has 0 aromatic carbocycles. The lowest BCUT2D eigenvalue weighted by atomic mass is 9.93. The van der Waals surface area contributed by atoms with Crippen LogP contribution in [0.25, 0.3) is 0 Å². The maximum absolute atomic E-state index is 11.2. The first kappa shape index (κ1) is 18.0. The molecule has 3 heteroatoms. The third-order valence-corrected chi connectivity index (χ3v) is 3.59. The fraction of sp³-hybridized carbons (Fsp3) is 0.562. The van der Waals surface area contributed by atoms with Gasteiger partial charge in [-0.05, 0) is 42.4 Å².